The molecule has 1 rings (SSSR count). The molecule has 102 valence electrons. The Morgan fingerprint density at radius 2 is 1.67 bits per heavy atom. The number of hydrogen-bond acceptors (Lipinski definition) is 6. The zero-order chi connectivity index (χ0) is 13.5. The Balaban J connectivity index is 2.60. The average Bonchev–Trinajstić information content (AvgIpc) is 2.35. The number of rotatable bonds is 7. The van der Waals surface area contributed by atoms with Gasteiger partial charge >= 0.3 is 12.0 Å². The quantitative estimate of drug-likeness (QED) is 0.767. The Bertz CT molecular complexity index is 354. The molecule has 0 fully saturated rings. The summed E-state index contributed by atoms with van der Waals surface area (Å²) in [4.78, 5) is 12.0. The first-order valence-corrected chi connectivity index (χ1v) is 6.20. The Labute approximate surface area is 112 Å². The first-order valence-electron chi connectivity index (χ1n) is 5.77. The van der Waals surface area contributed by atoms with E-state index in [9.17, 15) is 0 Å². The van der Waals surface area contributed by atoms with Gasteiger partial charge in [0.25, 0.3) is 0 Å². The van der Waals surface area contributed by atoms with Gasteiger partial charge in [-0.05, 0) is 12.3 Å². The van der Waals surface area contributed by atoms with Crippen LogP contribution in [0.15, 0.2) is 0 Å². The Hall–Kier alpha value is -1.30. The van der Waals surface area contributed by atoms with Gasteiger partial charge in [0, 0.05) is 6.54 Å². The van der Waals surface area contributed by atoms with E-state index >= 15 is 0 Å². The van der Waals surface area contributed by atoms with Gasteiger partial charge in [-0.3, -0.25) is 0 Å². The molecule has 0 aromatic carbocycles. The van der Waals surface area contributed by atoms with Crippen LogP contribution in [0.25, 0.3) is 0 Å². The SMILES string of the molecule is COc1nc(NCC(Cl)CC(C)C)nc(OC)n1. The molecule has 0 saturated heterocycles. The molecule has 18 heavy (non-hydrogen) atoms. The van der Waals surface area contributed by atoms with Crippen LogP contribution in [0.2, 0.25) is 0 Å². The van der Waals surface area contributed by atoms with Crippen molar-refractivity contribution in [2.45, 2.75) is 25.6 Å². The van der Waals surface area contributed by atoms with Gasteiger partial charge in [0.15, 0.2) is 0 Å². The molecule has 0 bridgehead atoms. The van der Waals surface area contributed by atoms with Crippen LogP contribution in [0.5, 0.6) is 12.0 Å². The molecule has 1 aromatic rings. The summed E-state index contributed by atoms with van der Waals surface area (Å²) in [6.45, 7) is 4.84. The summed E-state index contributed by atoms with van der Waals surface area (Å²) in [5.41, 5.74) is 0. The van der Waals surface area contributed by atoms with Crippen molar-refractivity contribution < 1.29 is 9.47 Å². The Morgan fingerprint density at radius 1 is 1.11 bits per heavy atom. The number of aromatic nitrogens is 3. The number of nitrogens with zero attached hydrogens (tertiary/aromatic N) is 3. The molecule has 7 heteroatoms. The minimum atomic E-state index is 0.0266. The van der Waals surface area contributed by atoms with Gasteiger partial charge in [0.2, 0.25) is 5.95 Å². The van der Waals surface area contributed by atoms with Crippen LogP contribution in [-0.2, 0) is 0 Å². The molecule has 0 aliphatic heterocycles. The molecule has 1 atom stereocenters. The highest BCUT2D eigenvalue weighted by Crippen LogP contribution is 2.14. The summed E-state index contributed by atoms with van der Waals surface area (Å²) in [6, 6.07) is 0.415. The number of halogens is 1. The van der Waals surface area contributed by atoms with Crippen LogP contribution in [0.1, 0.15) is 20.3 Å². The minimum absolute atomic E-state index is 0.0266. The van der Waals surface area contributed by atoms with Crippen LogP contribution in [0.4, 0.5) is 5.95 Å². The van der Waals surface area contributed by atoms with E-state index in [1.54, 1.807) is 0 Å². The third-order valence-corrected chi connectivity index (χ3v) is 2.50. The van der Waals surface area contributed by atoms with Crippen molar-refractivity contribution in [3.05, 3.63) is 0 Å². The average molecular weight is 275 g/mol. The molecule has 1 aromatic heterocycles. The molecule has 0 saturated carbocycles. The smallest absolute Gasteiger partial charge is 0.324 e. The molecule has 0 aliphatic carbocycles. The van der Waals surface area contributed by atoms with Crippen LogP contribution < -0.4 is 14.8 Å². The van der Waals surface area contributed by atoms with Gasteiger partial charge < -0.3 is 14.8 Å². The number of ether oxygens (including phenoxy) is 2. The maximum atomic E-state index is 6.18. The number of alkyl halides is 1. The largest absolute Gasteiger partial charge is 0.467 e. The van der Waals surface area contributed by atoms with Gasteiger partial charge in [-0.25, -0.2) is 0 Å². The van der Waals surface area contributed by atoms with Crippen molar-refractivity contribution in [3.63, 3.8) is 0 Å². The van der Waals surface area contributed by atoms with E-state index in [-0.39, 0.29) is 17.4 Å². The third-order valence-electron chi connectivity index (χ3n) is 2.17. The molecule has 0 spiro atoms. The van der Waals surface area contributed by atoms with E-state index in [1.165, 1.54) is 14.2 Å². The monoisotopic (exact) mass is 274 g/mol. The minimum Gasteiger partial charge on any atom is -0.467 e. The van der Waals surface area contributed by atoms with Gasteiger partial charge in [-0.1, -0.05) is 13.8 Å². The van der Waals surface area contributed by atoms with E-state index in [0.717, 1.165) is 6.42 Å². The van der Waals surface area contributed by atoms with Crippen molar-refractivity contribution in [2.24, 2.45) is 5.92 Å². The summed E-state index contributed by atoms with van der Waals surface area (Å²) in [5, 5.41) is 3.07. The highest BCUT2D eigenvalue weighted by Gasteiger charge is 2.10. The molecule has 1 unspecified atom stereocenters. The van der Waals surface area contributed by atoms with Crippen molar-refractivity contribution in [3.8, 4) is 12.0 Å². The molecular weight excluding hydrogens is 256 g/mol. The first-order chi connectivity index (χ1) is 8.55. The molecule has 0 aliphatic rings. The van der Waals surface area contributed by atoms with Crippen molar-refractivity contribution in [1.29, 1.82) is 0 Å². The van der Waals surface area contributed by atoms with Gasteiger partial charge in [0.1, 0.15) is 0 Å². The third kappa shape index (κ3) is 4.91. The van der Waals surface area contributed by atoms with E-state index < -0.39 is 0 Å². The van der Waals surface area contributed by atoms with Crippen LogP contribution in [0.3, 0.4) is 0 Å². The van der Waals surface area contributed by atoms with Gasteiger partial charge in [-0.15, -0.1) is 16.6 Å². The fraction of sp³-hybridized carbons (Fsp3) is 0.727. The lowest BCUT2D eigenvalue weighted by Crippen LogP contribution is -2.18. The number of nitrogens with one attached hydrogen (secondary N) is 1. The lowest BCUT2D eigenvalue weighted by Gasteiger charge is -2.13. The lowest BCUT2D eigenvalue weighted by molar-refractivity contribution is 0.341. The fourth-order valence-electron chi connectivity index (χ4n) is 1.40. The highest BCUT2D eigenvalue weighted by atomic mass is 35.5. The van der Waals surface area contributed by atoms with E-state index in [4.69, 9.17) is 21.1 Å². The number of methoxy groups -OCH3 is 2. The standard InChI is InChI=1S/C11H19ClN4O2/c1-7(2)5-8(12)6-13-9-14-10(17-3)16-11(15-9)18-4/h7-8H,5-6H2,1-4H3,(H,13,14,15,16). The maximum Gasteiger partial charge on any atom is 0.324 e. The summed E-state index contributed by atoms with van der Waals surface area (Å²) >= 11 is 6.18. The maximum absolute atomic E-state index is 6.18. The van der Waals surface area contributed by atoms with E-state index in [2.05, 4.69) is 34.1 Å². The molecule has 6 nitrogen and oxygen atoms in total. The zero-order valence-electron chi connectivity index (χ0n) is 11.1. The Kier molecular flexibility index (Phi) is 5.91. The summed E-state index contributed by atoms with van der Waals surface area (Å²) in [6.07, 6.45) is 0.925. The topological polar surface area (TPSA) is 69.2 Å². The summed E-state index contributed by atoms with van der Waals surface area (Å²) in [7, 11) is 2.98. The Morgan fingerprint density at radius 3 is 2.11 bits per heavy atom. The van der Waals surface area contributed by atoms with Gasteiger partial charge in [0.05, 0.1) is 19.6 Å². The molecular formula is C11H19ClN4O2. The number of anilines is 1. The van der Waals surface area contributed by atoms with Crippen molar-refractivity contribution in [1.82, 2.24) is 15.0 Å². The normalized spacial score (nSPS) is 12.3. The van der Waals surface area contributed by atoms with E-state index in [0.29, 0.717) is 18.4 Å². The van der Waals surface area contributed by atoms with Gasteiger partial charge in [-0.2, -0.15) is 9.97 Å². The predicted octanol–water partition coefficient (Wildman–Crippen LogP) is 1.95. The van der Waals surface area contributed by atoms with Crippen LogP contribution in [-0.4, -0.2) is 41.1 Å². The second-order valence-electron chi connectivity index (χ2n) is 4.24. The summed E-state index contributed by atoms with van der Waals surface area (Å²) in [5.74, 6) is 0.949. The lowest BCUT2D eigenvalue weighted by atomic mass is 10.1. The van der Waals surface area contributed by atoms with Crippen molar-refractivity contribution in [2.75, 3.05) is 26.1 Å². The van der Waals surface area contributed by atoms with Crippen LogP contribution >= 0.6 is 11.6 Å². The summed E-state index contributed by atoms with van der Waals surface area (Å²) < 4.78 is 9.91. The highest BCUT2D eigenvalue weighted by molar-refractivity contribution is 6.20. The second kappa shape index (κ2) is 7.20. The molecule has 1 N–H and O–H groups in total. The second-order valence-corrected chi connectivity index (χ2v) is 4.86. The molecule has 1 heterocycles. The van der Waals surface area contributed by atoms with E-state index in [1.807, 2.05) is 0 Å². The first kappa shape index (κ1) is 14.8. The zero-order valence-corrected chi connectivity index (χ0v) is 11.9. The van der Waals surface area contributed by atoms with Crippen LogP contribution in [0, 0.1) is 5.92 Å². The van der Waals surface area contributed by atoms with Crippen molar-refractivity contribution >= 4 is 17.5 Å². The molecule has 0 radical (unpaired) electrons. The predicted molar refractivity (Wildman–Crippen MR) is 70.5 cm³/mol. The molecule has 0 amide bonds. The fourth-order valence-corrected chi connectivity index (χ4v) is 1.83. The number of hydrogen-bond donors (Lipinski definition) is 1.